The van der Waals surface area contributed by atoms with Crippen LogP contribution in [0, 0.1) is 5.92 Å². The average Bonchev–Trinajstić information content (AvgIpc) is 2.32. The summed E-state index contributed by atoms with van der Waals surface area (Å²) >= 11 is 0. The molecule has 2 rings (SSSR count). The number of nitrogens with zero attached hydrogens (tertiary/aromatic N) is 1. The van der Waals surface area contributed by atoms with Gasteiger partial charge in [-0.3, -0.25) is 20.0 Å². The fraction of sp³-hybridized carbons (Fsp3) is 0.333. The van der Waals surface area contributed by atoms with E-state index in [1.807, 2.05) is 19.1 Å². The molecule has 1 heterocycles. The Balaban J connectivity index is 2.38. The molecule has 5 nitrogen and oxygen atoms in total. The van der Waals surface area contributed by atoms with E-state index in [0.717, 1.165) is 5.57 Å². The molecule has 1 aliphatic carbocycles. The Kier molecular flexibility index (Phi) is 2.99. The lowest BCUT2D eigenvalue weighted by Crippen LogP contribution is -2.50. The van der Waals surface area contributed by atoms with Crippen molar-refractivity contribution in [3.05, 3.63) is 35.6 Å². The highest BCUT2D eigenvalue weighted by atomic mass is 16.4. The molecule has 17 heavy (non-hydrogen) atoms. The second-order valence-electron chi connectivity index (χ2n) is 3.92. The number of carboxylic acids is 1. The highest BCUT2D eigenvalue weighted by Crippen LogP contribution is 2.28. The van der Waals surface area contributed by atoms with Gasteiger partial charge in [0.1, 0.15) is 0 Å². The molecule has 0 spiro atoms. The first kappa shape index (κ1) is 11.4. The minimum atomic E-state index is -0.910. The minimum absolute atomic E-state index is 0.0442. The molecule has 0 aromatic rings. The van der Waals surface area contributed by atoms with Gasteiger partial charge in [0.25, 0.3) is 5.91 Å². The van der Waals surface area contributed by atoms with Crippen LogP contribution in [0.1, 0.15) is 13.3 Å². The van der Waals surface area contributed by atoms with Gasteiger partial charge in [0, 0.05) is 12.2 Å². The molecule has 2 aliphatic rings. The van der Waals surface area contributed by atoms with E-state index < -0.39 is 5.97 Å². The Morgan fingerprint density at radius 2 is 2.29 bits per heavy atom. The van der Waals surface area contributed by atoms with Gasteiger partial charge in [-0.15, -0.1) is 0 Å². The number of carboxylic acid groups (broad SMARTS) is 1. The third kappa shape index (κ3) is 2.08. The highest BCUT2D eigenvalue weighted by Gasteiger charge is 2.32. The molecular weight excluding hydrogens is 220 g/mol. The molecule has 2 N–H and O–H groups in total. The van der Waals surface area contributed by atoms with E-state index in [-0.39, 0.29) is 18.2 Å². The van der Waals surface area contributed by atoms with Gasteiger partial charge in [0.2, 0.25) is 0 Å². The Labute approximate surface area is 99.1 Å². The topological polar surface area (TPSA) is 69.6 Å². The molecule has 1 unspecified atom stereocenters. The summed E-state index contributed by atoms with van der Waals surface area (Å²) in [5, 5.41) is 10.3. The van der Waals surface area contributed by atoms with Crippen molar-refractivity contribution in [1.82, 2.24) is 10.4 Å². The van der Waals surface area contributed by atoms with Crippen LogP contribution in [0.3, 0.4) is 0 Å². The van der Waals surface area contributed by atoms with Crippen molar-refractivity contribution in [1.29, 1.82) is 0 Å². The predicted molar refractivity (Wildman–Crippen MR) is 61.6 cm³/mol. The summed E-state index contributed by atoms with van der Waals surface area (Å²) in [7, 11) is 0. The highest BCUT2D eigenvalue weighted by molar-refractivity contribution is 5.87. The molecule has 0 saturated heterocycles. The maximum absolute atomic E-state index is 12.0. The standard InChI is InChI=1S/C12H14N2O3/c1-2-14-12(17)9-6-4-3-5-8(9)10(13-14)7-11(15)16/h3-6,9,13H,2,7H2,1H3,(H,15,16). The van der Waals surface area contributed by atoms with Gasteiger partial charge in [0.15, 0.2) is 0 Å². The molecule has 1 atom stereocenters. The number of rotatable bonds is 3. The van der Waals surface area contributed by atoms with E-state index in [2.05, 4.69) is 5.43 Å². The van der Waals surface area contributed by atoms with Gasteiger partial charge >= 0.3 is 5.97 Å². The van der Waals surface area contributed by atoms with Gasteiger partial charge in [-0.1, -0.05) is 24.3 Å². The Hall–Kier alpha value is -2.04. The lowest BCUT2D eigenvalue weighted by Gasteiger charge is -2.35. The molecule has 1 amide bonds. The molecule has 0 saturated carbocycles. The second-order valence-corrected chi connectivity index (χ2v) is 3.92. The van der Waals surface area contributed by atoms with Crippen LogP contribution in [0.25, 0.3) is 0 Å². The number of carbonyl (C=O) groups excluding carboxylic acids is 1. The van der Waals surface area contributed by atoms with Crippen LogP contribution in [0.15, 0.2) is 35.6 Å². The number of allylic oxidation sites excluding steroid dienone is 3. The zero-order valence-corrected chi connectivity index (χ0v) is 9.51. The monoisotopic (exact) mass is 234 g/mol. The van der Waals surface area contributed by atoms with Crippen molar-refractivity contribution >= 4 is 11.9 Å². The minimum Gasteiger partial charge on any atom is -0.481 e. The number of fused-ring (bicyclic) bond motifs is 1. The van der Waals surface area contributed by atoms with Gasteiger partial charge in [-0.2, -0.15) is 0 Å². The first-order chi connectivity index (χ1) is 8.13. The molecule has 1 aliphatic heterocycles. The lowest BCUT2D eigenvalue weighted by atomic mass is 9.89. The van der Waals surface area contributed by atoms with Gasteiger partial charge in [-0.25, -0.2) is 0 Å². The molecule has 90 valence electrons. The summed E-state index contributed by atoms with van der Waals surface area (Å²) < 4.78 is 0. The molecular formula is C12H14N2O3. The van der Waals surface area contributed by atoms with E-state index in [4.69, 9.17) is 5.11 Å². The summed E-state index contributed by atoms with van der Waals surface area (Å²) in [5.74, 6) is -1.31. The zero-order chi connectivity index (χ0) is 12.4. The van der Waals surface area contributed by atoms with Crippen molar-refractivity contribution in [2.45, 2.75) is 13.3 Å². The van der Waals surface area contributed by atoms with E-state index in [1.165, 1.54) is 5.01 Å². The number of hydrogen-bond donors (Lipinski definition) is 2. The van der Waals surface area contributed by atoms with E-state index in [0.29, 0.717) is 12.2 Å². The fourth-order valence-corrected chi connectivity index (χ4v) is 2.02. The molecule has 5 heteroatoms. The summed E-state index contributed by atoms with van der Waals surface area (Å²) in [6, 6.07) is 0. The summed E-state index contributed by atoms with van der Waals surface area (Å²) in [5.41, 5.74) is 4.22. The molecule has 0 aromatic carbocycles. The van der Waals surface area contributed by atoms with E-state index >= 15 is 0 Å². The SMILES string of the molecule is CCN1NC(CC(=O)O)=C2C=CC=CC2C1=O. The van der Waals surface area contributed by atoms with Crippen molar-refractivity contribution < 1.29 is 14.7 Å². The smallest absolute Gasteiger partial charge is 0.309 e. The normalized spacial score (nSPS) is 22.5. The number of aliphatic carboxylic acids is 1. The van der Waals surface area contributed by atoms with E-state index in [1.54, 1.807) is 12.2 Å². The first-order valence-corrected chi connectivity index (χ1v) is 5.51. The lowest BCUT2D eigenvalue weighted by molar-refractivity contribution is -0.139. The summed E-state index contributed by atoms with van der Waals surface area (Å²) in [6.45, 7) is 2.35. The van der Waals surface area contributed by atoms with Crippen LogP contribution < -0.4 is 5.43 Å². The first-order valence-electron chi connectivity index (χ1n) is 5.51. The maximum Gasteiger partial charge on any atom is 0.309 e. The van der Waals surface area contributed by atoms with Crippen LogP contribution in [0.5, 0.6) is 0 Å². The Morgan fingerprint density at radius 1 is 1.53 bits per heavy atom. The predicted octanol–water partition coefficient (Wildman–Crippen LogP) is 0.824. The van der Waals surface area contributed by atoms with E-state index in [9.17, 15) is 9.59 Å². The molecule has 0 radical (unpaired) electrons. The number of hydrogen-bond acceptors (Lipinski definition) is 3. The van der Waals surface area contributed by atoms with Crippen LogP contribution in [-0.2, 0) is 9.59 Å². The van der Waals surface area contributed by atoms with Crippen LogP contribution in [0.2, 0.25) is 0 Å². The number of amides is 1. The van der Waals surface area contributed by atoms with Crippen molar-refractivity contribution in [3.8, 4) is 0 Å². The van der Waals surface area contributed by atoms with Gasteiger partial charge < -0.3 is 5.11 Å². The second kappa shape index (κ2) is 4.45. The van der Waals surface area contributed by atoms with Crippen LogP contribution in [-0.4, -0.2) is 28.5 Å². The Morgan fingerprint density at radius 3 is 2.94 bits per heavy atom. The van der Waals surface area contributed by atoms with Gasteiger partial charge in [-0.05, 0) is 12.5 Å². The van der Waals surface area contributed by atoms with Crippen LogP contribution >= 0.6 is 0 Å². The third-order valence-corrected chi connectivity index (χ3v) is 2.82. The molecule has 0 fully saturated rings. The largest absolute Gasteiger partial charge is 0.481 e. The third-order valence-electron chi connectivity index (χ3n) is 2.82. The maximum atomic E-state index is 12.0. The fourth-order valence-electron chi connectivity index (χ4n) is 2.02. The molecule has 0 bridgehead atoms. The van der Waals surface area contributed by atoms with Gasteiger partial charge in [0.05, 0.1) is 12.3 Å². The van der Waals surface area contributed by atoms with Crippen LogP contribution in [0.4, 0.5) is 0 Å². The Bertz CT molecular complexity index is 449. The summed E-state index contributed by atoms with van der Waals surface area (Å²) in [4.78, 5) is 22.8. The number of hydrazine groups is 1. The zero-order valence-electron chi connectivity index (χ0n) is 9.51. The van der Waals surface area contributed by atoms with Crippen molar-refractivity contribution in [2.75, 3.05) is 6.54 Å². The quantitative estimate of drug-likeness (QED) is 0.758. The average molecular weight is 234 g/mol. The van der Waals surface area contributed by atoms with Crippen molar-refractivity contribution in [3.63, 3.8) is 0 Å². The summed E-state index contributed by atoms with van der Waals surface area (Å²) in [6.07, 6.45) is 7.10. The number of nitrogens with one attached hydrogen (secondary N) is 1. The number of carbonyl (C=O) groups is 2. The van der Waals surface area contributed by atoms with Crippen molar-refractivity contribution in [2.24, 2.45) is 5.92 Å². The molecule has 0 aromatic heterocycles.